The number of carbonyl (C=O) groups excluding carboxylic acids is 1. The van der Waals surface area contributed by atoms with Crippen LogP contribution in [-0.4, -0.2) is 61.9 Å². The van der Waals surface area contributed by atoms with Crippen molar-refractivity contribution in [3.8, 4) is 0 Å². The van der Waals surface area contributed by atoms with Crippen molar-refractivity contribution in [3.63, 3.8) is 0 Å². The smallest absolute Gasteiger partial charge is 0.234 e. The van der Waals surface area contributed by atoms with Crippen LogP contribution in [0.5, 0.6) is 0 Å². The number of hydrogen-bond acceptors (Lipinski definition) is 4. The molecule has 1 heterocycles. The summed E-state index contributed by atoms with van der Waals surface area (Å²) in [6.07, 6.45) is 4.74. The number of unbranched alkanes of at least 4 members (excludes halogenated alkanes) is 2. The first kappa shape index (κ1) is 15.4. The van der Waals surface area contributed by atoms with Gasteiger partial charge in [0, 0.05) is 25.9 Å². The number of amides is 1. The number of hydrogen-bond donors (Lipinski definition) is 2. The number of aliphatic hydroxyl groups excluding tert-OH is 1. The lowest BCUT2D eigenvalue weighted by atomic mass is 10.1. The number of ether oxygens (including phenoxy) is 1. The highest BCUT2D eigenvalue weighted by Gasteiger charge is 2.16. The molecule has 5 nitrogen and oxygen atoms in total. The van der Waals surface area contributed by atoms with E-state index < -0.39 is 0 Å². The maximum absolute atomic E-state index is 11.8. The number of carbonyl (C=O) groups is 1. The fourth-order valence-electron chi connectivity index (χ4n) is 2.11. The maximum atomic E-state index is 11.8. The monoisotopic (exact) mass is 258 g/mol. The summed E-state index contributed by atoms with van der Waals surface area (Å²) < 4.78 is 5.26. The molecule has 0 spiro atoms. The van der Waals surface area contributed by atoms with E-state index >= 15 is 0 Å². The number of rotatable bonds is 8. The molecule has 0 aromatic carbocycles. The van der Waals surface area contributed by atoms with Gasteiger partial charge in [0.25, 0.3) is 0 Å². The van der Waals surface area contributed by atoms with E-state index in [9.17, 15) is 4.79 Å². The molecular formula is C13H26N2O3. The summed E-state index contributed by atoms with van der Waals surface area (Å²) in [6, 6.07) is 0.286. The van der Waals surface area contributed by atoms with E-state index in [1.165, 1.54) is 0 Å². The normalized spacial score (nSPS) is 17.1. The predicted octanol–water partition coefficient (Wildman–Crippen LogP) is 0.376. The number of aliphatic hydroxyl groups is 1. The Morgan fingerprint density at radius 3 is 2.72 bits per heavy atom. The van der Waals surface area contributed by atoms with Gasteiger partial charge in [0.2, 0.25) is 5.91 Å². The fraction of sp³-hybridized carbons (Fsp3) is 0.923. The van der Waals surface area contributed by atoms with Gasteiger partial charge in [-0.05, 0) is 45.7 Å². The summed E-state index contributed by atoms with van der Waals surface area (Å²) in [5, 5.41) is 11.7. The van der Waals surface area contributed by atoms with E-state index in [2.05, 4.69) is 5.32 Å². The van der Waals surface area contributed by atoms with Crippen molar-refractivity contribution in [3.05, 3.63) is 0 Å². The molecule has 1 aliphatic rings. The maximum Gasteiger partial charge on any atom is 0.234 e. The molecule has 5 heteroatoms. The van der Waals surface area contributed by atoms with Crippen molar-refractivity contribution < 1.29 is 14.6 Å². The molecule has 0 saturated carbocycles. The quantitative estimate of drug-likeness (QED) is 0.618. The molecule has 106 valence electrons. The van der Waals surface area contributed by atoms with E-state index in [0.29, 0.717) is 6.54 Å². The lowest BCUT2D eigenvalue weighted by Gasteiger charge is -2.24. The molecule has 1 fully saturated rings. The summed E-state index contributed by atoms with van der Waals surface area (Å²) in [6.45, 7) is 3.12. The average Bonchev–Trinajstić information content (AvgIpc) is 2.35. The molecular weight excluding hydrogens is 232 g/mol. The Hall–Kier alpha value is -0.650. The third-order valence-corrected chi connectivity index (χ3v) is 3.20. The molecule has 0 aliphatic carbocycles. The Morgan fingerprint density at radius 2 is 2.06 bits per heavy atom. The van der Waals surface area contributed by atoms with Crippen molar-refractivity contribution in [2.24, 2.45) is 0 Å². The third-order valence-electron chi connectivity index (χ3n) is 3.20. The average molecular weight is 258 g/mol. The van der Waals surface area contributed by atoms with Crippen LogP contribution in [0.15, 0.2) is 0 Å². The van der Waals surface area contributed by atoms with Crippen LogP contribution in [0.2, 0.25) is 0 Å². The van der Waals surface area contributed by atoms with Crippen LogP contribution in [0.1, 0.15) is 32.1 Å². The lowest BCUT2D eigenvalue weighted by molar-refractivity contribution is -0.123. The Labute approximate surface area is 109 Å². The topological polar surface area (TPSA) is 61.8 Å². The molecule has 1 amide bonds. The van der Waals surface area contributed by atoms with Gasteiger partial charge in [0.15, 0.2) is 0 Å². The second-order valence-corrected chi connectivity index (χ2v) is 4.98. The SMILES string of the molecule is CN(CCCCCO)CC(=O)NC1CCOCC1. The Balaban J connectivity index is 2.06. The number of nitrogens with zero attached hydrogens (tertiary/aromatic N) is 1. The van der Waals surface area contributed by atoms with Crippen LogP contribution < -0.4 is 5.32 Å². The van der Waals surface area contributed by atoms with Gasteiger partial charge in [-0.25, -0.2) is 0 Å². The molecule has 0 aromatic heterocycles. The lowest BCUT2D eigenvalue weighted by Crippen LogP contribution is -2.43. The molecule has 0 aromatic rings. The van der Waals surface area contributed by atoms with Gasteiger partial charge in [-0.1, -0.05) is 0 Å². The van der Waals surface area contributed by atoms with Crippen LogP contribution in [0, 0.1) is 0 Å². The molecule has 0 unspecified atom stereocenters. The standard InChI is InChI=1S/C13H26N2O3/c1-15(7-3-2-4-8-16)11-13(17)14-12-5-9-18-10-6-12/h12,16H,2-11H2,1H3,(H,14,17). The van der Waals surface area contributed by atoms with E-state index in [0.717, 1.165) is 51.9 Å². The second kappa shape index (κ2) is 9.30. The number of nitrogens with one attached hydrogen (secondary N) is 1. The molecule has 1 aliphatic heterocycles. The Morgan fingerprint density at radius 1 is 1.33 bits per heavy atom. The highest BCUT2D eigenvalue weighted by atomic mass is 16.5. The summed E-state index contributed by atoms with van der Waals surface area (Å²) in [5.41, 5.74) is 0. The largest absolute Gasteiger partial charge is 0.396 e. The summed E-state index contributed by atoms with van der Waals surface area (Å²) in [4.78, 5) is 13.8. The first-order chi connectivity index (χ1) is 8.72. The zero-order valence-corrected chi connectivity index (χ0v) is 11.4. The van der Waals surface area contributed by atoms with Gasteiger partial charge >= 0.3 is 0 Å². The van der Waals surface area contributed by atoms with Crippen LogP contribution in [0.4, 0.5) is 0 Å². The fourth-order valence-corrected chi connectivity index (χ4v) is 2.11. The minimum absolute atomic E-state index is 0.103. The predicted molar refractivity (Wildman–Crippen MR) is 70.4 cm³/mol. The van der Waals surface area contributed by atoms with Gasteiger partial charge < -0.3 is 15.2 Å². The molecule has 1 saturated heterocycles. The summed E-state index contributed by atoms with van der Waals surface area (Å²) >= 11 is 0. The first-order valence-corrected chi connectivity index (χ1v) is 6.89. The zero-order chi connectivity index (χ0) is 13.2. The van der Waals surface area contributed by atoms with Crippen LogP contribution in [-0.2, 0) is 9.53 Å². The van der Waals surface area contributed by atoms with E-state index in [1.54, 1.807) is 0 Å². The Bertz CT molecular complexity index is 230. The van der Waals surface area contributed by atoms with Gasteiger partial charge in [0.1, 0.15) is 0 Å². The van der Waals surface area contributed by atoms with E-state index in [4.69, 9.17) is 9.84 Å². The van der Waals surface area contributed by atoms with Crippen molar-refractivity contribution >= 4 is 5.91 Å². The third kappa shape index (κ3) is 6.93. The van der Waals surface area contributed by atoms with Crippen LogP contribution >= 0.6 is 0 Å². The molecule has 0 atom stereocenters. The van der Waals surface area contributed by atoms with E-state index in [1.807, 2.05) is 11.9 Å². The van der Waals surface area contributed by atoms with Crippen LogP contribution in [0.3, 0.4) is 0 Å². The van der Waals surface area contributed by atoms with Crippen molar-refractivity contribution in [2.75, 3.05) is 40.0 Å². The minimum atomic E-state index is 0.103. The highest BCUT2D eigenvalue weighted by molar-refractivity contribution is 5.78. The van der Waals surface area contributed by atoms with Crippen LogP contribution in [0.25, 0.3) is 0 Å². The minimum Gasteiger partial charge on any atom is -0.396 e. The van der Waals surface area contributed by atoms with Gasteiger partial charge in [-0.2, -0.15) is 0 Å². The van der Waals surface area contributed by atoms with Gasteiger partial charge in [-0.15, -0.1) is 0 Å². The molecule has 18 heavy (non-hydrogen) atoms. The highest BCUT2D eigenvalue weighted by Crippen LogP contribution is 2.06. The zero-order valence-electron chi connectivity index (χ0n) is 11.4. The molecule has 0 bridgehead atoms. The van der Waals surface area contributed by atoms with E-state index in [-0.39, 0.29) is 18.6 Å². The summed E-state index contributed by atoms with van der Waals surface area (Å²) in [5.74, 6) is 0.103. The van der Waals surface area contributed by atoms with Crippen molar-refractivity contribution in [1.82, 2.24) is 10.2 Å². The van der Waals surface area contributed by atoms with Crippen molar-refractivity contribution in [2.45, 2.75) is 38.1 Å². The van der Waals surface area contributed by atoms with Gasteiger partial charge in [0.05, 0.1) is 6.54 Å². The molecule has 2 N–H and O–H groups in total. The molecule has 1 rings (SSSR count). The Kier molecular flexibility index (Phi) is 7.96. The first-order valence-electron chi connectivity index (χ1n) is 6.89. The summed E-state index contributed by atoms with van der Waals surface area (Å²) in [7, 11) is 1.96. The number of likely N-dealkylation sites (N-methyl/N-ethyl adjacent to an activating group) is 1. The molecule has 0 radical (unpaired) electrons. The second-order valence-electron chi connectivity index (χ2n) is 4.98. The van der Waals surface area contributed by atoms with Crippen molar-refractivity contribution in [1.29, 1.82) is 0 Å². The van der Waals surface area contributed by atoms with Gasteiger partial charge in [-0.3, -0.25) is 9.69 Å².